The Kier molecular flexibility index (Phi) is 4.65. The normalized spacial score (nSPS) is 15.4. The van der Waals surface area contributed by atoms with Crippen LogP contribution in [0.3, 0.4) is 0 Å². The van der Waals surface area contributed by atoms with Gasteiger partial charge in [-0.2, -0.15) is 0 Å². The molecule has 0 aromatic carbocycles. The first-order chi connectivity index (χ1) is 6.74. The van der Waals surface area contributed by atoms with E-state index in [9.17, 15) is 5.11 Å². The maximum atomic E-state index is 9.38. The molecule has 0 aliphatic heterocycles. The molecule has 1 heterocycles. The topological polar surface area (TPSA) is 54.6 Å². The molecule has 0 radical (unpaired) electrons. The van der Waals surface area contributed by atoms with Gasteiger partial charge < -0.3 is 19.6 Å². The van der Waals surface area contributed by atoms with Crippen molar-refractivity contribution in [1.29, 1.82) is 0 Å². The molecule has 80 valence electrons. The predicted octanol–water partition coefficient (Wildman–Crippen LogP) is 0.937. The van der Waals surface area contributed by atoms with Crippen molar-refractivity contribution < 1.29 is 14.3 Å². The third-order valence-corrected chi connectivity index (χ3v) is 1.99. The number of rotatable bonds is 6. The van der Waals surface area contributed by atoms with E-state index in [0.29, 0.717) is 13.2 Å². The monoisotopic (exact) mass is 199 g/mol. The number of aliphatic hydroxyl groups is 1. The maximum absolute atomic E-state index is 9.38. The molecule has 0 bridgehead atoms. The van der Waals surface area contributed by atoms with Crippen LogP contribution in [-0.4, -0.2) is 31.5 Å². The van der Waals surface area contributed by atoms with Crippen LogP contribution < -0.4 is 5.32 Å². The van der Waals surface area contributed by atoms with E-state index in [4.69, 9.17) is 9.15 Å². The number of furan rings is 1. The minimum absolute atomic E-state index is 0.108. The molecule has 0 aliphatic carbocycles. The zero-order valence-electron chi connectivity index (χ0n) is 8.56. The third-order valence-electron chi connectivity index (χ3n) is 1.99. The SMILES string of the molecule is COCC(O)CN[C@H](C)c1ccco1. The van der Waals surface area contributed by atoms with Gasteiger partial charge in [0.1, 0.15) is 5.76 Å². The number of ether oxygens (including phenoxy) is 1. The van der Waals surface area contributed by atoms with E-state index >= 15 is 0 Å². The van der Waals surface area contributed by atoms with Gasteiger partial charge in [0.05, 0.1) is 25.0 Å². The smallest absolute Gasteiger partial charge is 0.120 e. The first-order valence-corrected chi connectivity index (χ1v) is 4.68. The first kappa shape index (κ1) is 11.2. The summed E-state index contributed by atoms with van der Waals surface area (Å²) in [6.45, 7) is 2.83. The molecule has 0 amide bonds. The van der Waals surface area contributed by atoms with Gasteiger partial charge in [-0.15, -0.1) is 0 Å². The maximum Gasteiger partial charge on any atom is 0.120 e. The fourth-order valence-electron chi connectivity index (χ4n) is 1.20. The molecule has 1 aromatic heterocycles. The van der Waals surface area contributed by atoms with Gasteiger partial charge in [-0.3, -0.25) is 0 Å². The van der Waals surface area contributed by atoms with E-state index in [2.05, 4.69) is 5.32 Å². The minimum atomic E-state index is -0.475. The largest absolute Gasteiger partial charge is 0.468 e. The second kappa shape index (κ2) is 5.80. The van der Waals surface area contributed by atoms with Gasteiger partial charge in [-0.05, 0) is 19.1 Å². The minimum Gasteiger partial charge on any atom is -0.468 e. The lowest BCUT2D eigenvalue weighted by molar-refractivity contribution is 0.0626. The lowest BCUT2D eigenvalue weighted by Gasteiger charge is -2.14. The Bertz CT molecular complexity index is 236. The van der Waals surface area contributed by atoms with Crippen LogP contribution in [0.15, 0.2) is 22.8 Å². The highest BCUT2D eigenvalue weighted by molar-refractivity contribution is 5.02. The van der Waals surface area contributed by atoms with E-state index in [1.807, 2.05) is 19.1 Å². The Morgan fingerprint density at radius 3 is 3.00 bits per heavy atom. The molecule has 0 fully saturated rings. The van der Waals surface area contributed by atoms with E-state index in [1.165, 1.54) is 0 Å². The summed E-state index contributed by atoms with van der Waals surface area (Å²) in [5.41, 5.74) is 0. The van der Waals surface area contributed by atoms with Gasteiger partial charge in [0.15, 0.2) is 0 Å². The lowest BCUT2D eigenvalue weighted by Crippen LogP contribution is -2.31. The summed E-state index contributed by atoms with van der Waals surface area (Å²) in [6.07, 6.45) is 1.16. The molecule has 4 heteroatoms. The molecule has 2 N–H and O–H groups in total. The highest BCUT2D eigenvalue weighted by Crippen LogP contribution is 2.11. The van der Waals surface area contributed by atoms with Crippen molar-refractivity contribution in [2.75, 3.05) is 20.3 Å². The number of hydrogen-bond acceptors (Lipinski definition) is 4. The summed E-state index contributed by atoms with van der Waals surface area (Å²) in [5.74, 6) is 0.870. The lowest BCUT2D eigenvalue weighted by atomic mass is 10.2. The van der Waals surface area contributed by atoms with Gasteiger partial charge in [0.2, 0.25) is 0 Å². The van der Waals surface area contributed by atoms with Crippen molar-refractivity contribution >= 4 is 0 Å². The van der Waals surface area contributed by atoms with Gasteiger partial charge in [0.25, 0.3) is 0 Å². The summed E-state index contributed by atoms with van der Waals surface area (Å²) in [6, 6.07) is 3.86. The Hall–Kier alpha value is -0.840. The van der Waals surface area contributed by atoms with Crippen molar-refractivity contribution in [3.63, 3.8) is 0 Å². The third kappa shape index (κ3) is 3.49. The highest BCUT2D eigenvalue weighted by atomic mass is 16.5. The van der Waals surface area contributed by atoms with E-state index < -0.39 is 6.10 Å². The zero-order chi connectivity index (χ0) is 10.4. The molecule has 0 spiro atoms. The molecule has 1 rings (SSSR count). The number of methoxy groups -OCH3 is 1. The molecule has 0 saturated heterocycles. The fourth-order valence-corrected chi connectivity index (χ4v) is 1.20. The van der Waals surface area contributed by atoms with Crippen LogP contribution in [0.2, 0.25) is 0 Å². The van der Waals surface area contributed by atoms with Crippen molar-refractivity contribution in [3.05, 3.63) is 24.2 Å². The second-order valence-electron chi connectivity index (χ2n) is 3.25. The Morgan fingerprint density at radius 2 is 2.43 bits per heavy atom. The van der Waals surface area contributed by atoms with Crippen LogP contribution in [0, 0.1) is 0 Å². The number of aliphatic hydroxyl groups excluding tert-OH is 1. The second-order valence-corrected chi connectivity index (χ2v) is 3.25. The van der Waals surface area contributed by atoms with Gasteiger partial charge in [-0.1, -0.05) is 0 Å². The van der Waals surface area contributed by atoms with Crippen molar-refractivity contribution in [2.24, 2.45) is 0 Å². The molecule has 2 atom stereocenters. The molecule has 4 nitrogen and oxygen atoms in total. The van der Waals surface area contributed by atoms with Crippen LogP contribution in [0.25, 0.3) is 0 Å². The molecule has 14 heavy (non-hydrogen) atoms. The van der Waals surface area contributed by atoms with Crippen LogP contribution in [0.1, 0.15) is 18.7 Å². The van der Waals surface area contributed by atoms with Crippen molar-refractivity contribution in [2.45, 2.75) is 19.1 Å². The van der Waals surface area contributed by atoms with Crippen molar-refractivity contribution in [3.8, 4) is 0 Å². The van der Waals surface area contributed by atoms with Crippen LogP contribution in [-0.2, 0) is 4.74 Å². The molecular weight excluding hydrogens is 182 g/mol. The van der Waals surface area contributed by atoms with Crippen LogP contribution in [0.4, 0.5) is 0 Å². The molecule has 1 unspecified atom stereocenters. The average Bonchev–Trinajstić information content (AvgIpc) is 2.67. The summed E-state index contributed by atoms with van der Waals surface area (Å²) >= 11 is 0. The zero-order valence-corrected chi connectivity index (χ0v) is 8.56. The molecule has 0 saturated carbocycles. The molecule has 1 aromatic rings. The van der Waals surface area contributed by atoms with Gasteiger partial charge in [0, 0.05) is 13.7 Å². The van der Waals surface area contributed by atoms with Gasteiger partial charge in [-0.25, -0.2) is 0 Å². The number of nitrogens with one attached hydrogen (secondary N) is 1. The van der Waals surface area contributed by atoms with Crippen LogP contribution >= 0.6 is 0 Å². The van der Waals surface area contributed by atoms with E-state index in [-0.39, 0.29) is 6.04 Å². The summed E-state index contributed by atoms with van der Waals surface area (Å²) in [5, 5.41) is 12.5. The molecule has 0 aliphatic rings. The highest BCUT2D eigenvalue weighted by Gasteiger charge is 2.09. The average molecular weight is 199 g/mol. The standard InChI is InChI=1S/C10H17NO3/c1-8(10-4-3-5-14-10)11-6-9(12)7-13-2/h3-5,8-9,11-12H,6-7H2,1-2H3/t8-,9?/m1/s1. The predicted molar refractivity (Wildman–Crippen MR) is 53.0 cm³/mol. The Labute approximate surface area is 83.9 Å². The Morgan fingerprint density at radius 1 is 1.64 bits per heavy atom. The van der Waals surface area contributed by atoms with Gasteiger partial charge >= 0.3 is 0 Å². The van der Waals surface area contributed by atoms with E-state index in [0.717, 1.165) is 5.76 Å². The quantitative estimate of drug-likeness (QED) is 0.716. The van der Waals surface area contributed by atoms with E-state index in [1.54, 1.807) is 13.4 Å². The summed E-state index contributed by atoms with van der Waals surface area (Å²) in [4.78, 5) is 0. The first-order valence-electron chi connectivity index (χ1n) is 4.68. The summed E-state index contributed by atoms with van der Waals surface area (Å²) < 4.78 is 10.0. The van der Waals surface area contributed by atoms with Crippen LogP contribution in [0.5, 0.6) is 0 Å². The fraction of sp³-hybridized carbons (Fsp3) is 0.600. The van der Waals surface area contributed by atoms with Crippen molar-refractivity contribution in [1.82, 2.24) is 5.32 Å². The Balaban J connectivity index is 2.24. The summed E-state index contributed by atoms with van der Waals surface area (Å²) in [7, 11) is 1.57. The molecular formula is C10H17NO3. The number of hydrogen-bond donors (Lipinski definition) is 2.